The number of nitrogens with zero attached hydrogens (tertiary/aromatic N) is 3. The van der Waals surface area contributed by atoms with Crippen molar-refractivity contribution in [3.63, 3.8) is 0 Å². The summed E-state index contributed by atoms with van der Waals surface area (Å²) in [4.78, 5) is 29.7. The minimum atomic E-state index is -0.279. The molecule has 4 aromatic carbocycles. The van der Waals surface area contributed by atoms with Gasteiger partial charge in [0.15, 0.2) is 6.61 Å². The number of hydrazone groups is 1. The Morgan fingerprint density at radius 1 is 0.867 bits per heavy atom. The van der Waals surface area contributed by atoms with Crippen LogP contribution >= 0.6 is 0 Å². The van der Waals surface area contributed by atoms with Gasteiger partial charge < -0.3 is 19.7 Å². The van der Waals surface area contributed by atoms with Crippen molar-refractivity contribution in [2.45, 2.75) is 19.5 Å². The molecule has 2 amide bonds. The molecule has 2 N–H and O–H groups in total. The highest BCUT2D eigenvalue weighted by Crippen LogP contribution is 2.28. The number of anilines is 1. The molecule has 1 atom stereocenters. The summed E-state index contributed by atoms with van der Waals surface area (Å²) in [5.41, 5.74) is 7.23. The van der Waals surface area contributed by atoms with Gasteiger partial charge in [-0.25, -0.2) is 5.43 Å². The first-order valence-corrected chi connectivity index (χ1v) is 15.1. The predicted molar refractivity (Wildman–Crippen MR) is 177 cm³/mol. The molecule has 232 valence electrons. The number of hydrogen-bond acceptors (Lipinski definition) is 7. The zero-order valence-corrected chi connectivity index (χ0v) is 25.7. The number of methoxy groups -OCH3 is 1. The van der Waals surface area contributed by atoms with Crippen LogP contribution in [0.5, 0.6) is 11.5 Å². The monoisotopic (exact) mass is 605 g/mol. The molecule has 0 spiro atoms. The second-order valence-corrected chi connectivity index (χ2v) is 10.9. The summed E-state index contributed by atoms with van der Waals surface area (Å²) in [7, 11) is 1.71. The van der Waals surface area contributed by atoms with Gasteiger partial charge in [-0.15, -0.1) is 0 Å². The van der Waals surface area contributed by atoms with Crippen LogP contribution in [-0.2, 0) is 11.3 Å². The maximum atomic E-state index is 12.6. The van der Waals surface area contributed by atoms with E-state index in [1.807, 2.05) is 79.7 Å². The molecule has 0 aromatic heterocycles. The number of piperazine rings is 1. The fourth-order valence-corrected chi connectivity index (χ4v) is 5.19. The molecule has 1 saturated heterocycles. The van der Waals surface area contributed by atoms with Crippen LogP contribution in [0.4, 0.5) is 5.69 Å². The van der Waals surface area contributed by atoms with E-state index in [0.29, 0.717) is 11.3 Å². The maximum Gasteiger partial charge on any atom is 0.271 e. The number of hydrogen-bond donors (Lipinski definition) is 2. The second kappa shape index (κ2) is 15.5. The van der Waals surface area contributed by atoms with Gasteiger partial charge in [-0.05, 0) is 72.1 Å². The molecular weight excluding hydrogens is 566 g/mol. The molecule has 9 nitrogen and oxygen atoms in total. The molecule has 4 aromatic rings. The van der Waals surface area contributed by atoms with E-state index < -0.39 is 0 Å². The number of carbonyl (C=O) groups excluding carboxylic acids is 2. The van der Waals surface area contributed by atoms with Crippen molar-refractivity contribution < 1.29 is 19.1 Å². The van der Waals surface area contributed by atoms with Crippen molar-refractivity contribution in [2.75, 3.05) is 44.8 Å². The molecule has 1 aliphatic rings. The lowest BCUT2D eigenvalue weighted by molar-refractivity contribution is -0.123. The topological polar surface area (TPSA) is 95.5 Å². The van der Waals surface area contributed by atoms with Gasteiger partial charge >= 0.3 is 0 Å². The molecule has 0 bridgehead atoms. The lowest BCUT2D eigenvalue weighted by atomic mass is 10.1. The SMILES string of the molecule is COc1ccccc1N1CCN(Cc2ccc(C(=O)N/N=C\c3ccc(OCC(=O)N[C@H](C)c4ccccc4)cc3)cc2)CC1. The zero-order valence-electron chi connectivity index (χ0n) is 25.7. The summed E-state index contributed by atoms with van der Waals surface area (Å²) in [6.45, 7) is 6.44. The van der Waals surface area contributed by atoms with E-state index in [1.165, 1.54) is 0 Å². The van der Waals surface area contributed by atoms with Crippen molar-refractivity contribution in [3.8, 4) is 11.5 Å². The summed E-state index contributed by atoms with van der Waals surface area (Å²) >= 11 is 0. The quantitative estimate of drug-likeness (QED) is 0.174. The normalized spacial score (nSPS) is 14.1. The average Bonchev–Trinajstić information content (AvgIpc) is 3.09. The van der Waals surface area contributed by atoms with E-state index in [9.17, 15) is 9.59 Å². The predicted octanol–water partition coefficient (Wildman–Crippen LogP) is 5.04. The molecule has 0 aliphatic carbocycles. The first-order valence-electron chi connectivity index (χ1n) is 15.1. The third-order valence-corrected chi connectivity index (χ3v) is 7.73. The van der Waals surface area contributed by atoms with Crippen molar-refractivity contribution in [2.24, 2.45) is 5.10 Å². The van der Waals surface area contributed by atoms with Crippen molar-refractivity contribution in [1.29, 1.82) is 0 Å². The minimum absolute atomic E-state index is 0.0833. The Bertz CT molecular complexity index is 1570. The molecule has 45 heavy (non-hydrogen) atoms. The molecule has 0 saturated carbocycles. The van der Waals surface area contributed by atoms with Crippen LogP contribution in [0.3, 0.4) is 0 Å². The number of benzene rings is 4. The number of ether oxygens (including phenoxy) is 2. The minimum Gasteiger partial charge on any atom is -0.495 e. The molecule has 1 fully saturated rings. The van der Waals surface area contributed by atoms with Gasteiger partial charge in [-0.2, -0.15) is 5.10 Å². The summed E-state index contributed by atoms with van der Waals surface area (Å²) in [5.74, 6) is 0.992. The van der Waals surface area contributed by atoms with Gasteiger partial charge in [-0.1, -0.05) is 54.6 Å². The highest BCUT2D eigenvalue weighted by atomic mass is 16.5. The Hall–Kier alpha value is -5.15. The van der Waals surface area contributed by atoms with Gasteiger partial charge in [0, 0.05) is 38.3 Å². The Morgan fingerprint density at radius 2 is 1.56 bits per heavy atom. The van der Waals surface area contributed by atoms with E-state index in [0.717, 1.165) is 60.9 Å². The molecule has 5 rings (SSSR count). The van der Waals surface area contributed by atoms with E-state index >= 15 is 0 Å². The number of rotatable bonds is 12. The summed E-state index contributed by atoms with van der Waals surface area (Å²) in [6, 6.07) is 32.6. The number of amides is 2. The van der Waals surface area contributed by atoms with E-state index in [4.69, 9.17) is 9.47 Å². The lowest BCUT2D eigenvalue weighted by Gasteiger charge is -2.36. The van der Waals surface area contributed by atoms with E-state index in [2.05, 4.69) is 31.7 Å². The van der Waals surface area contributed by atoms with Gasteiger partial charge in [0.1, 0.15) is 11.5 Å². The summed E-state index contributed by atoms with van der Waals surface area (Å²) in [6.07, 6.45) is 1.56. The van der Waals surface area contributed by atoms with Gasteiger partial charge in [-0.3, -0.25) is 14.5 Å². The van der Waals surface area contributed by atoms with Gasteiger partial charge in [0.25, 0.3) is 11.8 Å². The molecule has 9 heteroatoms. The Balaban J connectivity index is 1.02. The van der Waals surface area contributed by atoms with Crippen LogP contribution in [0.2, 0.25) is 0 Å². The average molecular weight is 606 g/mol. The van der Waals surface area contributed by atoms with Gasteiger partial charge in [0.2, 0.25) is 0 Å². The Morgan fingerprint density at radius 3 is 2.27 bits per heavy atom. The van der Waals surface area contributed by atoms with Crippen LogP contribution in [0.1, 0.15) is 40.0 Å². The standard InChI is InChI=1S/C36H39N5O4/c1-27(30-8-4-3-5-9-30)38-35(42)26-45-32-18-14-28(15-19-32)24-37-39-36(43)31-16-12-29(13-17-31)25-40-20-22-41(23-21-40)33-10-6-7-11-34(33)44-2/h3-19,24,27H,20-23,25-26H2,1-2H3,(H,38,42)(H,39,43)/b37-24-/t27-/m1/s1. The molecule has 1 aliphatic heterocycles. The highest BCUT2D eigenvalue weighted by Gasteiger charge is 2.19. The molecule has 0 radical (unpaired) electrons. The Kier molecular flexibility index (Phi) is 10.8. The molecule has 1 heterocycles. The first kappa shape index (κ1) is 31.3. The van der Waals surface area contributed by atoms with Gasteiger partial charge in [0.05, 0.1) is 25.1 Å². The van der Waals surface area contributed by atoms with E-state index in [-0.39, 0.29) is 24.5 Å². The van der Waals surface area contributed by atoms with Crippen LogP contribution in [0, 0.1) is 0 Å². The van der Waals surface area contributed by atoms with Crippen molar-refractivity contribution in [3.05, 3.63) is 125 Å². The third-order valence-electron chi connectivity index (χ3n) is 7.73. The summed E-state index contributed by atoms with van der Waals surface area (Å²) in [5, 5.41) is 7.02. The number of carbonyl (C=O) groups is 2. The van der Waals surface area contributed by atoms with Crippen LogP contribution in [0.15, 0.2) is 108 Å². The smallest absolute Gasteiger partial charge is 0.271 e. The zero-order chi connectivity index (χ0) is 31.4. The largest absolute Gasteiger partial charge is 0.495 e. The van der Waals surface area contributed by atoms with Crippen molar-refractivity contribution in [1.82, 2.24) is 15.6 Å². The summed E-state index contributed by atoms with van der Waals surface area (Å²) < 4.78 is 11.1. The van der Waals surface area contributed by atoms with Crippen LogP contribution in [0.25, 0.3) is 0 Å². The molecule has 0 unspecified atom stereocenters. The highest BCUT2D eigenvalue weighted by molar-refractivity contribution is 5.94. The maximum absolute atomic E-state index is 12.6. The third kappa shape index (κ3) is 8.93. The van der Waals surface area contributed by atoms with Crippen LogP contribution < -0.4 is 25.1 Å². The van der Waals surface area contributed by atoms with E-state index in [1.54, 1.807) is 37.6 Å². The Labute approximate surface area is 264 Å². The number of para-hydroxylation sites is 2. The lowest BCUT2D eigenvalue weighted by Crippen LogP contribution is -2.46. The van der Waals surface area contributed by atoms with Crippen molar-refractivity contribution >= 4 is 23.7 Å². The number of nitrogens with one attached hydrogen (secondary N) is 2. The fraction of sp³-hybridized carbons (Fsp3) is 0.250. The molecular formula is C36H39N5O4. The second-order valence-electron chi connectivity index (χ2n) is 10.9. The van der Waals surface area contributed by atoms with Crippen LogP contribution in [-0.4, -0.2) is 62.8 Å². The fourth-order valence-electron chi connectivity index (χ4n) is 5.19. The first-order chi connectivity index (χ1) is 22.0.